The van der Waals surface area contributed by atoms with E-state index < -0.39 is 20.5 Å². The second-order valence-corrected chi connectivity index (χ2v) is 19.4. The number of methoxy groups -OCH3 is 1. The van der Waals surface area contributed by atoms with E-state index in [0.29, 0.717) is 19.6 Å². The molecule has 1 N–H and O–H groups in total. The molecule has 0 aliphatic carbocycles. The molecule has 1 fully saturated rings. The maximum absolute atomic E-state index is 11.8. The predicted octanol–water partition coefficient (Wildman–Crippen LogP) is 8.95. The molecule has 1 saturated heterocycles. The van der Waals surface area contributed by atoms with Crippen molar-refractivity contribution >= 4 is 18.7 Å². The van der Waals surface area contributed by atoms with E-state index in [4.69, 9.17) is 18.6 Å². The lowest BCUT2D eigenvalue weighted by Gasteiger charge is -2.43. The Morgan fingerprint density at radius 2 is 1.58 bits per heavy atom. The number of rotatable bonds is 19. The summed E-state index contributed by atoms with van der Waals surface area (Å²) >= 11 is 0. The van der Waals surface area contributed by atoms with Gasteiger partial charge in [-0.3, -0.25) is 0 Å². The summed E-state index contributed by atoms with van der Waals surface area (Å²) < 4.78 is 25.5. The predicted molar refractivity (Wildman–Crippen MR) is 210 cm³/mol. The van der Waals surface area contributed by atoms with Gasteiger partial charge in [0.25, 0.3) is 8.32 Å². The lowest BCUT2D eigenvalue weighted by molar-refractivity contribution is -0.129. The van der Waals surface area contributed by atoms with Crippen LogP contribution in [0.4, 0.5) is 0 Å². The van der Waals surface area contributed by atoms with Crippen LogP contribution < -0.4 is 15.1 Å². The van der Waals surface area contributed by atoms with Gasteiger partial charge in [-0.15, -0.1) is 0 Å². The van der Waals surface area contributed by atoms with Crippen LogP contribution in [0.5, 0.6) is 5.75 Å². The first kappa shape index (κ1) is 39.5. The molecule has 3 aromatic carbocycles. The van der Waals surface area contributed by atoms with Gasteiger partial charge in [-0.25, -0.2) is 0 Å². The molecular formula is C44H60O5Si. The van der Waals surface area contributed by atoms with Crippen molar-refractivity contribution in [2.45, 2.75) is 109 Å². The van der Waals surface area contributed by atoms with E-state index >= 15 is 0 Å². The highest BCUT2D eigenvalue weighted by Gasteiger charge is 2.50. The Kier molecular flexibility index (Phi) is 14.9. The van der Waals surface area contributed by atoms with Crippen molar-refractivity contribution in [3.05, 3.63) is 127 Å². The number of aliphatic hydroxyl groups is 1. The summed E-state index contributed by atoms with van der Waals surface area (Å²) in [6, 6.07) is 29.5. The Balaban J connectivity index is 1.40. The number of aliphatic hydroxyl groups excluding tert-OH is 1. The SMILES string of the molecule is C=C(C)C/C=C/C(=C)C[C@@H](C)[C@@H](OCc1ccc(OC)cc1)[C@H](O)[C@@H]1CC[C@H](CCCO[Si](c2ccccc2)(c2ccccc2)C(C)(C)C)O1. The number of allylic oxidation sites excluding steroid dienone is 4. The van der Waals surface area contributed by atoms with E-state index in [1.165, 1.54) is 10.4 Å². The molecule has 1 aliphatic heterocycles. The summed E-state index contributed by atoms with van der Waals surface area (Å²) in [5.74, 6) is 0.839. The molecule has 5 nitrogen and oxygen atoms in total. The summed E-state index contributed by atoms with van der Waals surface area (Å²) in [4.78, 5) is 0. The third kappa shape index (κ3) is 10.6. The molecular weight excluding hydrogens is 637 g/mol. The largest absolute Gasteiger partial charge is 0.497 e. The third-order valence-corrected chi connectivity index (χ3v) is 14.9. The quantitative estimate of drug-likeness (QED) is 0.0587. The van der Waals surface area contributed by atoms with Gasteiger partial charge in [0.1, 0.15) is 11.9 Å². The Morgan fingerprint density at radius 1 is 0.960 bits per heavy atom. The van der Waals surface area contributed by atoms with Crippen LogP contribution in [-0.2, 0) is 20.5 Å². The maximum atomic E-state index is 11.8. The number of hydrogen-bond donors (Lipinski definition) is 1. The minimum atomic E-state index is -2.58. The van der Waals surface area contributed by atoms with Crippen molar-refractivity contribution in [3.8, 4) is 5.75 Å². The first-order valence-electron chi connectivity index (χ1n) is 18.3. The maximum Gasteiger partial charge on any atom is 0.261 e. The minimum absolute atomic E-state index is 0.0349. The highest BCUT2D eigenvalue weighted by molar-refractivity contribution is 6.99. The standard InChI is InChI=1S/C44H60O5Si/c1-33(2)17-15-18-34(3)31-35(4)43(47-32-36-24-26-37(46-8)27-25-36)42(45)41-29-28-38(49-41)19-16-30-48-50(44(5,6)7,39-20-11-9-12-21-39)40-22-13-10-14-23-40/h9-15,18,20-27,35,38,41-43,45H,1,3,16-17,19,28-32H2,2,4-8H3/b18-15+/t35-,38+,41+,42-,43-/m1/s1. The van der Waals surface area contributed by atoms with Gasteiger partial charge in [0, 0.05) is 6.61 Å². The molecule has 270 valence electrons. The van der Waals surface area contributed by atoms with Gasteiger partial charge in [0.15, 0.2) is 0 Å². The van der Waals surface area contributed by atoms with Gasteiger partial charge < -0.3 is 23.7 Å². The minimum Gasteiger partial charge on any atom is -0.497 e. The molecule has 0 radical (unpaired) electrons. The van der Waals surface area contributed by atoms with Gasteiger partial charge in [0.2, 0.25) is 0 Å². The van der Waals surface area contributed by atoms with Gasteiger partial charge in [-0.2, -0.15) is 0 Å². The normalized spacial score (nSPS) is 18.5. The highest BCUT2D eigenvalue weighted by atomic mass is 28.4. The molecule has 5 atom stereocenters. The fourth-order valence-corrected chi connectivity index (χ4v) is 11.9. The fourth-order valence-electron chi connectivity index (χ4n) is 7.24. The monoisotopic (exact) mass is 696 g/mol. The molecule has 4 rings (SSSR count). The van der Waals surface area contributed by atoms with Crippen LogP contribution in [-0.4, -0.2) is 51.6 Å². The zero-order chi connectivity index (χ0) is 36.1. The first-order chi connectivity index (χ1) is 23.9. The van der Waals surface area contributed by atoms with E-state index in [1.54, 1.807) is 7.11 Å². The Hall–Kier alpha value is -3.26. The smallest absolute Gasteiger partial charge is 0.261 e. The Morgan fingerprint density at radius 3 is 2.14 bits per heavy atom. The third-order valence-electron chi connectivity index (χ3n) is 9.83. The number of benzene rings is 3. The second kappa shape index (κ2) is 18.8. The van der Waals surface area contributed by atoms with Crippen LogP contribution in [0, 0.1) is 5.92 Å². The lowest BCUT2D eigenvalue weighted by Crippen LogP contribution is -2.66. The number of hydrogen-bond acceptors (Lipinski definition) is 5. The molecule has 0 bridgehead atoms. The molecule has 1 aliphatic rings. The van der Waals surface area contributed by atoms with Crippen LogP contribution in [0.15, 0.2) is 121 Å². The summed E-state index contributed by atoms with van der Waals surface area (Å²) in [7, 11) is -0.914. The van der Waals surface area contributed by atoms with E-state index in [9.17, 15) is 5.11 Å². The van der Waals surface area contributed by atoms with Crippen molar-refractivity contribution in [1.29, 1.82) is 0 Å². The number of ether oxygens (including phenoxy) is 3. The van der Waals surface area contributed by atoms with Crippen molar-refractivity contribution in [2.75, 3.05) is 13.7 Å². The topological polar surface area (TPSA) is 57.2 Å². The molecule has 0 saturated carbocycles. The van der Waals surface area contributed by atoms with E-state index in [1.807, 2.05) is 31.2 Å². The first-order valence-corrected chi connectivity index (χ1v) is 20.2. The van der Waals surface area contributed by atoms with Gasteiger partial charge in [-0.1, -0.05) is 137 Å². The Bertz CT molecular complexity index is 1460. The molecule has 0 aromatic heterocycles. The molecule has 1 heterocycles. The van der Waals surface area contributed by atoms with E-state index in [-0.39, 0.29) is 23.2 Å². The van der Waals surface area contributed by atoms with E-state index in [0.717, 1.165) is 54.6 Å². The van der Waals surface area contributed by atoms with Gasteiger partial charge >= 0.3 is 0 Å². The van der Waals surface area contributed by atoms with Crippen LogP contribution in [0.3, 0.4) is 0 Å². The zero-order valence-electron chi connectivity index (χ0n) is 31.3. The van der Waals surface area contributed by atoms with Crippen molar-refractivity contribution < 1.29 is 23.7 Å². The van der Waals surface area contributed by atoms with Crippen LogP contribution in [0.1, 0.15) is 78.7 Å². The molecule has 0 unspecified atom stereocenters. The molecule has 50 heavy (non-hydrogen) atoms. The van der Waals surface area contributed by atoms with E-state index in [2.05, 4.69) is 114 Å². The van der Waals surface area contributed by atoms with Gasteiger partial charge in [0.05, 0.1) is 32.0 Å². The average molecular weight is 697 g/mol. The summed E-state index contributed by atoms with van der Waals surface area (Å²) in [5, 5.41) is 14.3. The lowest BCUT2D eigenvalue weighted by atomic mass is 9.89. The second-order valence-electron chi connectivity index (χ2n) is 15.0. The van der Waals surface area contributed by atoms with Crippen LogP contribution in [0.25, 0.3) is 0 Å². The van der Waals surface area contributed by atoms with Crippen molar-refractivity contribution in [2.24, 2.45) is 5.92 Å². The summed E-state index contributed by atoms with van der Waals surface area (Å²) in [6.45, 7) is 20.4. The Labute approximate surface area is 303 Å². The van der Waals surface area contributed by atoms with Crippen LogP contribution in [0.2, 0.25) is 5.04 Å². The van der Waals surface area contributed by atoms with Crippen molar-refractivity contribution in [1.82, 2.24) is 0 Å². The molecule has 0 amide bonds. The van der Waals surface area contributed by atoms with Gasteiger partial charge in [-0.05, 0) is 84.5 Å². The summed E-state index contributed by atoms with van der Waals surface area (Å²) in [5.41, 5.74) is 3.15. The fraction of sp³-hybridized carbons (Fsp3) is 0.455. The van der Waals surface area contributed by atoms with Crippen molar-refractivity contribution in [3.63, 3.8) is 0 Å². The zero-order valence-corrected chi connectivity index (χ0v) is 32.3. The van der Waals surface area contributed by atoms with Crippen LogP contribution >= 0.6 is 0 Å². The highest BCUT2D eigenvalue weighted by Crippen LogP contribution is 2.37. The molecule has 0 spiro atoms. The average Bonchev–Trinajstić information content (AvgIpc) is 3.58. The molecule has 3 aromatic rings. The molecule has 6 heteroatoms. The summed E-state index contributed by atoms with van der Waals surface area (Å²) in [6.07, 6.45) is 7.83.